The van der Waals surface area contributed by atoms with Gasteiger partial charge in [-0.3, -0.25) is 4.79 Å². The number of Topliss-reactive ketones (excluding diaryl/α,β-unsaturated/α-hetero) is 1. The van der Waals surface area contributed by atoms with E-state index in [-0.39, 0.29) is 6.42 Å². The van der Waals surface area contributed by atoms with E-state index in [0.717, 1.165) is 0 Å². The van der Waals surface area contributed by atoms with Crippen LogP contribution < -0.4 is 0 Å². The number of aliphatic hydroxyl groups is 5. The minimum Gasteiger partial charge on any atom is -0.394 e. The van der Waals surface area contributed by atoms with Crippen LogP contribution in [0.25, 0.3) is 0 Å². The van der Waals surface area contributed by atoms with E-state index in [1.807, 2.05) is 0 Å². The first-order valence-corrected chi connectivity index (χ1v) is 4.42. The first kappa shape index (κ1) is 14.2. The van der Waals surface area contributed by atoms with Gasteiger partial charge in [0.05, 0.1) is 6.61 Å². The molecular weight excluding hydrogens is 204 g/mol. The molecule has 0 saturated heterocycles. The third-order valence-electron chi connectivity index (χ3n) is 1.93. The van der Waals surface area contributed by atoms with Gasteiger partial charge in [-0.25, -0.2) is 0 Å². The molecule has 4 atom stereocenters. The molecule has 0 aliphatic carbocycles. The van der Waals surface area contributed by atoms with Crippen LogP contribution in [0.1, 0.15) is 6.42 Å². The van der Waals surface area contributed by atoms with Gasteiger partial charge in [0.15, 0.2) is 5.78 Å². The van der Waals surface area contributed by atoms with Crippen molar-refractivity contribution in [3.05, 3.63) is 12.7 Å². The molecule has 0 heterocycles. The average Bonchev–Trinajstić information content (AvgIpc) is 2.25. The summed E-state index contributed by atoms with van der Waals surface area (Å²) in [5.74, 6) is -0.721. The molecule has 88 valence electrons. The minimum absolute atomic E-state index is 0.153. The van der Waals surface area contributed by atoms with Gasteiger partial charge in [0, 0.05) is 6.42 Å². The van der Waals surface area contributed by atoms with Gasteiger partial charge in [0.1, 0.15) is 24.4 Å². The van der Waals surface area contributed by atoms with Crippen LogP contribution in [0.3, 0.4) is 0 Å². The lowest BCUT2D eigenvalue weighted by atomic mass is 9.99. The van der Waals surface area contributed by atoms with E-state index in [1.54, 1.807) is 0 Å². The smallest absolute Gasteiger partial charge is 0.167 e. The topological polar surface area (TPSA) is 118 Å². The van der Waals surface area contributed by atoms with Gasteiger partial charge in [-0.15, -0.1) is 6.58 Å². The Bertz CT molecular complexity index is 217. The Hall–Kier alpha value is -0.790. The summed E-state index contributed by atoms with van der Waals surface area (Å²) in [6.45, 7) is 2.50. The molecule has 0 fully saturated rings. The van der Waals surface area contributed by atoms with Crippen LogP contribution in [-0.2, 0) is 4.79 Å². The van der Waals surface area contributed by atoms with E-state index in [4.69, 9.17) is 10.2 Å². The molecule has 0 aliphatic rings. The molecule has 0 radical (unpaired) electrons. The van der Waals surface area contributed by atoms with Crippen LogP contribution in [0.2, 0.25) is 0 Å². The Kier molecular flexibility index (Phi) is 6.30. The Morgan fingerprint density at radius 3 is 2.13 bits per heavy atom. The van der Waals surface area contributed by atoms with E-state index < -0.39 is 36.8 Å². The Labute approximate surface area is 87.1 Å². The van der Waals surface area contributed by atoms with Gasteiger partial charge in [-0.2, -0.15) is 0 Å². The number of carbonyl (C=O) groups is 1. The zero-order chi connectivity index (χ0) is 12.0. The summed E-state index contributed by atoms with van der Waals surface area (Å²) in [5, 5.41) is 45.1. The van der Waals surface area contributed by atoms with Crippen molar-refractivity contribution in [2.24, 2.45) is 0 Å². The van der Waals surface area contributed by atoms with Gasteiger partial charge in [0.2, 0.25) is 0 Å². The number of allylic oxidation sites excluding steroid dienone is 1. The van der Waals surface area contributed by atoms with Crippen LogP contribution in [-0.4, -0.2) is 62.3 Å². The number of ketones is 1. The summed E-state index contributed by atoms with van der Waals surface area (Å²) in [5.41, 5.74) is 0. The monoisotopic (exact) mass is 220 g/mol. The molecule has 0 aromatic rings. The largest absolute Gasteiger partial charge is 0.394 e. The predicted molar refractivity (Wildman–Crippen MR) is 50.9 cm³/mol. The molecule has 0 bridgehead atoms. The second-order valence-electron chi connectivity index (χ2n) is 3.14. The van der Waals surface area contributed by atoms with Crippen molar-refractivity contribution in [3.8, 4) is 0 Å². The molecule has 15 heavy (non-hydrogen) atoms. The number of aliphatic hydroxyl groups excluding tert-OH is 5. The average molecular weight is 220 g/mol. The van der Waals surface area contributed by atoms with Crippen LogP contribution in [0.4, 0.5) is 0 Å². The standard InChI is InChI=1S/C9H16O6/c1-2-3-5(11)7(13)9(15)8(14)6(12)4-10/h2,6-10,12-15H,1,3-4H2. The highest BCUT2D eigenvalue weighted by Gasteiger charge is 2.33. The first-order chi connectivity index (χ1) is 6.95. The second kappa shape index (κ2) is 6.65. The maximum Gasteiger partial charge on any atom is 0.167 e. The van der Waals surface area contributed by atoms with Crippen molar-refractivity contribution < 1.29 is 30.3 Å². The van der Waals surface area contributed by atoms with E-state index in [1.165, 1.54) is 6.08 Å². The normalized spacial score (nSPS) is 19.0. The van der Waals surface area contributed by atoms with E-state index in [9.17, 15) is 20.1 Å². The van der Waals surface area contributed by atoms with Crippen LogP contribution in [0.15, 0.2) is 12.7 Å². The molecule has 4 unspecified atom stereocenters. The molecule has 0 amide bonds. The highest BCUT2D eigenvalue weighted by atomic mass is 16.4. The third-order valence-corrected chi connectivity index (χ3v) is 1.93. The second-order valence-corrected chi connectivity index (χ2v) is 3.14. The predicted octanol–water partition coefficient (Wildman–Crippen LogP) is -2.43. The Morgan fingerprint density at radius 1 is 1.20 bits per heavy atom. The van der Waals surface area contributed by atoms with Gasteiger partial charge in [-0.1, -0.05) is 6.08 Å². The van der Waals surface area contributed by atoms with Gasteiger partial charge in [0.25, 0.3) is 0 Å². The van der Waals surface area contributed by atoms with Crippen molar-refractivity contribution in [3.63, 3.8) is 0 Å². The van der Waals surface area contributed by atoms with Gasteiger partial charge < -0.3 is 25.5 Å². The minimum atomic E-state index is -1.83. The zero-order valence-corrected chi connectivity index (χ0v) is 8.15. The Balaban J connectivity index is 4.35. The SMILES string of the molecule is C=CCC(=O)C(O)C(O)C(O)C(O)CO. The van der Waals surface area contributed by atoms with Crippen molar-refractivity contribution in [1.29, 1.82) is 0 Å². The summed E-state index contributed by atoms with van der Waals surface area (Å²) in [6, 6.07) is 0. The fourth-order valence-corrected chi connectivity index (χ4v) is 0.976. The van der Waals surface area contributed by atoms with Gasteiger partial charge >= 0.3 is 0 Å². The lowest BCUT2D eigenvalue weighted by Crippen LogP contribution is -2.48. The van der Waals surface area contributed by atoms with Crippen LogP contribution >= 0.6 is 0 Å². The quantitative estimate of drug-likeness (QED) is 0.304. The number of carbonyl (C=O) groups excluding carboxylic acids is 1. The molecular formula is C9H16O6. The van der Waals surface area contributed by atoms with E-state index in [0.29, 0.717) is 0 Å². The molecule has 5 N–H and O–H groups in total. The number of rotatable bonds is 7. The molecule has 0 aliphatic heterocycles. The Morgan fingerprint density at radius 2 is 1.73 bits per heavy atom. The fraction of sp³-hybridized carbons (Fsp3) is 0.667. The van der Waals surface area contributed by atoms with E-state index in [2.05, 4.69) is 6.58 Å². The fourth-order valence-electron chi connectivity index (χ4n) is 0.976. The highest BCUT2D eigenvalue weighted by molar-refractivity contribution is 5.84. The number of hydrogen-bond donors (Lipinski definition) is 5. The molecule has 0 spiro atoms. The molecule has 6 nitrogen and oxygen atoms in total. The summed E-state index contributed by atoms with van der Waals surface area (Å²) in [6.07, 6.45) is -5.93. The first-order valence-electron chi connectivity index (χ1n) is 4.42. The zero-order valence-electron chi connectivity index (χ0n) is 8.15. The molecule has 6 heteroatoms. The molecule has 0 aromatic carbocycles. The summed E-state index contributed by atoms with van der Waals surface area (Å²) in [7, 11) is 0. The molecule has 0 saturated carbocycles. The lowest BCUT2D eigenvalue weighted by Gasteiger charge is -2.24. The summed E-state index contributed by atoms with van der Waals surface area (Å²) < 4.78 is 0. The molecule has 0 aromatic heterocycles. The summed E-state index contributed by atoms with van der Waals surface area (Å²) in [4.78, 5) is 11.1. The van der Waals surface area contributed by atoms with Crippen molar-refractivity contribution in [2.75, 3.05) is 6.61 Å². The highest BCUT2D eigenvalue weighted by Crippen LogP contribution is 2.07. The maximum atomic E-state index is 11.1. The maximum absolute atomic E-state index is 11.1. The van der Waals surface area contributed by atoms with Crippen LogP contribution in [0, 0.1) is 0 Å². The number of hydrogen-bond acceptors (Lipinski definition) is 6. The molecule has 0 rings (SSSR count). The summed E-state index contributed by atoms with van der Waals surface area (Å²) >= 11 is 0. The van der Waals surface area contributed by atoms with E-state index >= 15 is 0 Å². The van der Waals surface area contributed by atoms with Crippen molar-refractivity contribution in [1.82, 2.24) is 0 Å². The van der Waals surface area contributed by atoms with Crippen LogP contribution in [0.5, 0.6) is 0 Å². The lowest BCUT2D eigenvalue weighted by molar-refractivity contribution is -0.146. The third kappa shape index (κ3) is 4.06. The van der Waals surface area contributed by atoms with Gasteiger partial charge in [-0.05, 0) is 0 Å². The van der Waals surface area contributed by atoms with Crippen molar-refractivity contribution in [2.45, 2.75) is 30.8 Å². The van der Waals surface area contributed by atoms with Crippen molar-refractivity contribution >= 4 is 5.78 Å².